The number of halogens is 2. The van der Waals surface area contributed by atoms with Crippen LogP contribution in [0.15, 0.2) is 17.1 Å². The van der Waals surface area contributed by atoms with Gasteiger partial charge in [-0.1, -0.05) is 13.3 Å². The predicted molar refractivity (Wildman–Crippen MR) is 68.7 cm³/mol. The number of nitrogen functional groups attached to an aromatic ring is 1. The summed E-state index contributed by atoms with van der Waals surface area (Å²) in [6.07, 6.45) is -5.23. The van der Waals surface area contributed by atoms with E-state index < -0.39 is 36.2 Å². The summed E-state index contributed by atoms with van der Waals surface area (Å²) in [5.74, 6) is -3.85. The molecule has 0 spiro atoms. The number of alkyl halides is 2. The molecule has 9 heteroatoms. The van der Waals surface area contributed by atoms with Gasteiger partial charge in [-0.25, -0.2) is 4.79 Å². The summed E-state index contributed by atoms with van der Waals surface area (Å²) in [5, 5.41) is 19.5. The van der Waals surface area contributed by atoms with Crippen molar-refractivity contribution >= 4 is 5.82 Å². The Kier molecular flexibility index (Phi) is 4.26. The van der Waals surface area contributed by atoms with E-state index in [-0.39, 0.29) is 12.2 Å². The van der Waals surface area contributed by atoms with Crippen molar-refractivity contribution in [3.63, 3.8) is 0 Å². The van der Waals surface area contributed by atoms with Gasteiger partial charge in [0.05, 0.1) is 6.10 Å². The number of aliphatic hydroxyl groups excluding tert-OH is 2. The Bertz CT molecular complexity index is 566. The lowest BCUT2D eigenvalue weighted by molar-refractivity contribution is -0.141. The van der Waals surface area contributed by atoms with Gasteiger partial charge in [-0.05, 0) is 12.5 Å². The third-order valence-electron chi connectivity index (χ3n) is 3.39. The predicted octanol–water partition coefficient (Wildman–Crippen LogP) is -0.120. The molecule has 1 aromatic rings. The Morgan fingerprint density at radius 3 is 2.86 bits per heavy atom. The van der Waals surface area contributed by atoms with E-state index in [2.05, 4.69) is 4.98 Å². The highest BCUT2D eigenvalue weighted by molar-refractivity contribution is 5.23. The van der Waals surface area contributed by atoms with Crippen LogP contribution >= 0.6 is 0 Å². The Balaban J connectivity index is 2.34. The molecule has 21 heavy (non-hydrogen) atoms. The Hall–Kier alpha value is -1.58. The van der Waals surface area contributed by atoms with Crippen molar-refractivity contribution in [2.45, 2.75) is 50.2 Å². The summed E-state index contributed by atoms with van der Waals surface area (Å²) < 4.78 is 33.8. The molecule has 0 bridgehead atoms. The van der Waals surface area contributed by atoms with Gasteiger partial charge in [0.15, 0.2) is 6.10 Å². The highest BCUT2D eigenvalue weighted by Crippen LogP contribution is 2.43. The molecule has 0 aliphatic carbocycles. The second-order valence-electron chi connectivity index (χ2n) is 4.97. The number of nitrogens with two attached hydrogens (primary N) is 1. The van der Waals surface area contributed by atoms with E-state index >= 15 is 0 Å². The molecule has 0 radical (unpaired) electrons. The van der Waals surface area contributed by atoms with E-state index in [9.17, 15) is 23.8 Å². The smallest absolute Gasteiger partial charge is 0.351 e. The molecule has 4 unspecified atom stereocenters. The molecule has 4 N–H and O–H groups in total. The van der Waals surface area contributed by atoms with Crippen molar-refractivity contribution in [3.8, 4) is 0 Å². The lowest BCUT2D eigenvalue weighted by Gasteiger charge is -2.21. The van der Waals surface area contributed by atoms with Gasteiger partial charge in [0.25, 0.3) is 0 Å². The second-order valence-corrected chi connectivity index (χ2v) is 4.97. The SMILES string of the molecule is CCCC(O)C1OC(n2ccc(N)nc2=O)C(F)(F)C1O. The lowest BCUT2D eigenvalue weighted by Crippen LogP contribution is -2.43. The summed E-state index contributed by atoms with van der Waals surface area (Å²) in [5.41, 5.74) is 4.28. The molecule has 7 nitrogen and oxygen atoms in total. The van der Waals surface area contributed by atoms with Gasteiger partial charge in [-0.3, -0.25) is 4.57 Å². The van der Waals surface area contributed by atoms with Gasteiger partial charge in [0.1, 0.15) is 11.9 Å². The normalized spacial score (nSPS) is 29.5. The molecule has 1 aliphatic heterocycles. The van der Waals surface area contributed by atoms with Crippen molar-refractivity contribution in [2.75, 3.05) is 5.73 Å². The van der Waals surface area contributed by atoms with Crippen LogP contribution in [0.25, 0.3) is 0 Å². The zero-order chi connectivity index (χ0) is 15.8. The minimum absolute atomic E-state index is 0.110. The van der Waals surface area contributed by atoms with Gasteiger partial charge < -0.3 is 20.7 Å². The molecule has 2 heterocycles. The number of aromatic nitrogens is 2. The molecule has 118 valence electrons. The molecule has 0 aromatic carbocycles. The zero-order valence-corrected chi connectivity index (χ0v) is 11.3. The zero-order valence-electron chi connectivity index (χ0n) is 11.3. The van der Waals surface area contributed by atoms with Crippen molar-refractivity contribution < 1.29 is 23.7 Å². The summed E-state index contributed by atoms with van der Waals surface area (Å²) in [7, 11) is 0. The highest BCUT2D eigenvalue weighted by Gasteiger charge is 2.61. The second kappa shape index (κ2) is 5.66. The molecular weight excluding hydrogens is 288 g/mol. The first-order chi connectivity index (χ1) is 9.78. The Morgan fingerprint density at radius 2 is 2.29 bits per heavy atom. The molecule has 0 saturated carbocycles. The van der Waals surface area contributed by atoms with Gasteiger partial charge >= 0.3 is 11.6 Å². The van der Waals surface area contributed by atoms with Gasteiger partial charge in [-0.2, -0.15) is 13.8 Å². The van der Waals surface area contributed by atoms with E-state index in [0.717, 1.165) is 6.20 Å². The summed E-state index contributed by atoms with van der Waals surface area (Å²) in [6, 6.07) is 1.17. The number of hydrogen-bond donors (Lipinski definition) is 3. The van der Waals surface area contributed by atoms with Crippen molar-refractivity contribution in [1.29, 1.82) is 0 Å². The first kappa shape index (κ1) is 15.8. The van der Waals surface area contributed by atoms with Gasteiger partial charge in [-0.15, -0.1) is 0 Å². The van der Waals surface area contributed by atoms with Gasteiger partial charge in [0, 0.05) is 6.20 Å². The van der Waals surface area contributed by atoms with Crippen LogP contribution < -0.4 is 11.4 Å². The van der Waals surface area contributed by atoms with Crippen molar-refractivity contribution in [1.82, 2.24) is 9.55 Å². The summed E-state index contributed by atoms with van der Waals surface area (Å²) in [6.45, 7) is 1.76. The maximum atomic E-state index is 14.1. The quantitative estimate of drug-likeness (QED) is 0.715. The Morgan fingerprint density at radius 1 is 1.62 bits per heavy atom. The average molecular weight is 305 g/mol. The topological polar surface area (TPSA) is 111 Å². The number of nitrogens with zero attached hydrogens (tertiary/aromatic N) is 2. The van der Waals surface area contributed by atoms with Crippen LogP contribution in [0.3, 0.4) is 0 Å². The van der Waals surface area contributed by atoms with Crippen molar-refractivity contribution in [2.24, 2.45) is 0 Å². The van der Waals surface area contributed by atoms with Crippen molar-refractivity contribution in [3.05, 3.63) is 22.7 Å². The third kappa shape index (κ3) is 2.76. The first-order valence-electron chi connectivity index (χ1n) is 6.53. The average Bonchev–Trinajstić information content (AvgIpc) is 2.62. The van der Waals surface area contributed by atoms with Crippen LogP contribution in [0.2, 0.25) is 0 Å². The van der Waals surface area contributed by atoms with E-state index in [1.807, 2.05) is 0 Å². The fraction of sp³-hybridized carbons (Fsp3) is 0.667. The van der Waals surface area contributed by atoms with E-state index in [0.29, 0.717) is 11.0 Å². The van der Waals surface area contributed by atoms with Crippen LogP contribution in [-0.2, 0) is 4.74 Å². The summed E-state index contributed by atoms with van der Waals surface area (Å²) >= 11 is 0. The largest absolute Gasteiger partial charge is 0.390 e. The summed E-state index contributed by atoms with van der Waals surface area (Å²) in [4.78, 5) is 15.0. The van der Waals surface area contributed by atoms with Crippen LogP contribution in [0.1, 0.15) is 26.0 Å². The minimum atomic E-state index is -3.74. The van der Waals surface area contributed by atoms with E-state index in [4.69, 9.17) is 10.5 Å². The molecule has 1 saturated heterocycles. The number of aliphatic hydroxyl groups is 2. The molecule has 1 fully saturated rings. The van der Waals surface area contributed by atoms with Gasteiger partial charge in [0.2, 0.25) is 6.23 Å². The van der Waals surface area contributed by atoms with Crippen LogP contribution in [-0.4, -0.2) is 44.0 Å². The molecule has 2 rings (SSSR count). The first-order valence-corrected chi connectivity index (χ1v) is 6.53. The van der Waals surface area contributed by atoms with Crippen LogP contribution in [0.4, 0.5) is 14.6 Å². The Labute approximate surface area is 119 Å². The minimum Gasteiger partial charge on any atom is -0.390 e. The third-order valence-corrected chi connectivity index (χ3v) is 3.39. The molecule has 1 aromatic heterocycles. The standard InChI is InChI=1S/C12H17F2N3O4/c1-2-3-6(18)8-9(19)12(13,14)10(21-8)17-5-4-7(15)16-11(17)20/h4-6,8-10,18-19H,2-3H2,1H3,(H2,15,16,20). The maximum absolute atomic E-state index is 14.1. The lowest BCUT2D eigenvalue weighted by atomic mass is 10.0. The number of rotatable bonds is 4. The van der Waals surface area contributed by atoms with E-state index in [1.165, 1.54) is 6.07 Å². The fourth-order valence-electron chi connectivity index (χ4n) is 2.30. The van der Waals surface area contributed by atoms with Crippen LogP contribution in [0, 0.1) is 0 Å². The van der Waals surface area contributed by atoms with E-state index in [1.54, 1.807) is 6.92 Å². The maximum Gasteiger partial charge on any atom is 0.351 e. The molecule has 1 aliphatic rings. The molecule has 4 atom stereocenters. The number of ether oxygens (including phenoxy) is 1. The number of hydrogen-bond acceptors (Lipinski definition) is 6. The highest BCUT2D eigenvalue weighted by atomic mass is 19.3. The molecular formula is C12H17F2N3O4. The fourth-order valence-corrected chi connectivity index (χ4v) is 2.30. The molecule has 0 amide bonds. The van der Waals surface area contributed by atoms with Crippen LogP contribution in [0.5, 0.6) is 0 Å². The monoisotopic (exact) mass is 305 g/mol. The number of anilines is 1.